The van der Waals surface area contributed by atoms with E-state index in [2.05, 4.69) is 6.92 Å². The van der Waals surface area contributed by atoms with Crippen molar-refractivity contribution in [1.29, 1.82) is 0 Å². The second kappa shape index (κ2) is 8.22. The fraction of sp³-hybridized carbons (Fsp3) is 1.00. The minimum Gasteiger partial charge on any atom is -0.382 e. The molecule has 6 atom stereocenters. The molecule has 5 nitrogen and oxygen atoms in total. The smallest absolute Gasteiger partial charge is 0.113 e. The summed E-state index contributed by atoms with van der Waals surface area (Å²) in [6.07, 6.45) is 0.0836. The third-order valence-electron chi connectivity index (χ3n) is 3.55. The lowest BCUT2D eigenvalue weighted by Crippen LogP contribution is -2.43. The number of methoxy groups -OCH3 is 3. The zero-order chi connectivity index (χ0) is 14.4. The molecule has 0 saturated carbocycles. The Labute approximate surface area is 117 Å². The average molecular weight is 272 g/mol. The molecule has 1 fully saturated rings. The molecule has 19 heavy (non-hydrogen) atoms. The zero-order valence-corrected chi connectivity index (χ0v) is 12.5. The summed E-state index contributed by atoms with van der Waals surface area (Å²) in [4.78, 5) is 0. The Morgan fingerprint density at radius 1 is 1.21 bits per heavy atom. The van der Waals surface area contributed by atoms with E-state index in [1.807, 2.05) is 6.92 Å². The largest absolute Gasteiger partial charge is 0.382 e. The van der Waals surface area contributed by atoms with Crippen molar-refractivity contribution in [3.63, 3.8) is 0 Å². The Morgan fingerprint density at radius 2 is 1.89 bits per heavy atom. The molecule has 1 aliphatic rings. The van der Waals surface area contributed by atoms with Gasteiger partial charge in [0.05, 0.1) is 18.8 Å². The molecule has 1 rings (SSSR count). The number of hydrogen-bond acceptors (Lipinski definition) is 5. The highest BCUT2D eigenvalue weighted by Gasteiger charge is 2.44. The van der Waals surface area contributed by atoms with Crippen molar-refractivity contribution in [2.75, 3.05) is 27.9 Å². The lowest BCUT2D eigenvalue weighted by molar-refractivity contribution is -0.117. The van der Waals surface area contributed by atoms with Gasteiger partial charge in [-0.05, 0) is 13.3 Å². The Hall–Kier alpha value is -0.135. The summed E-state index contributed by atoms with van der Waals surface area (Å²) in [5.74, 6) is 0. The minimum absolute atomic E-state index is 0.0335. The maximum absolute atomic E-state index is 5.99. The van der Waals surface area contributed by atoms with Gasteiger partial charge >= 0.3 is 0 Å². The molecule has 2 radical (unpaired) electrons. The molecule has 1 heterocycles. The van der Waals surface area contributed by atoms with Crippen LogP contribution in [0.4, 0.5) is 0 Å². The van der Waals surface area contributed by atoms with Gasteiger partial charge in [-0.3, -0.25) is 0 Å². The van der Waals surface area contributed by atoms with Gasteiger partial charge in [0.25, 0.3) is 0 Å². The van der Waals surface area contributed by atoms with Crippen LogP contribution in [0, 0.1) is 0 Å². The lowest BCUT2D eigenvalue weighted by Gasteiger charge is -2.29. The molecule has 6 heteroatoms. The van der Waals surface area contributed by atoms with Gasteiger partial charge in [-0.2, -0.15) is 0 Å². The third kappa shape index (κ3) is 4.16. The summed E-state index contributed by atoms with van der Waals surface area (Å²) < 4.78 is 27.6. The van der Waals surface area contributed by atoms with Crippen LogP contribution in [0.3, 0.4) is 0 Å². The van der Waals surface area contributed by atoms with Crippen LogP contribution in [0.25, 0.3) is 0 Å². The molecule has 0 N–H and O–H groups in total. The van der Waals surface area contributed by atoms with Crippen LogP contribution in [0.5, 0.6) is 0 Å². The topological polar surface area (TPSA) is 46.2 Å². The maximum atomic E-state index is 5.99. The first kappa shape index (κ1) is 16.9. The van der Waals surface area contributed by atoms with Crippen molar-refractivity contribution in [3.8, 4) is 0 Å². The Bertz CT molecular complexity index is 249. The molecular weight excluding hydrogens is 247 g/mol. The highest BCUT2D eigenvalue weighted by molar-refractivity contribution is 6.11. The highest BCUT2D eigenvalue weighted by Crippen LogP contribution is 2.27. The van der Waals surface area contributed by atoms with Gasteiger partial charge in [0.15, 0.2) is 0 Å². The van der Waals surface area contributed by atoms with E-state index in [0.29, 0.717) is 6.61 Å². The molecule has 110 valence electrons. The summed E-state index contributed by atoms with van der Waals surface area (Å²) in [5.41, 5.74) is 0. The van der Waals surface area contributed by atoms with Gasteiger partial charge < -0.3 is 23.7 Å². The normalized spacial score (nSPS) is 34.4. The van der Waals surface area contributed by atoms with Gasteiger partial charge in [-0.1, -0.05) is 6.92 Å². The van der Waals surface area contributed by atoms with E-state index in [4.69, 9.17) is 31.5 Å². The fourth-order valence-corrected chi connectivity index (χ4v) is 2.52. The van der Waals surface area contributed by atoms with E-state index in [1.165, 1.54) is 0 Å². The van der Waals surface area contributed by atoms with Crippen molar-refractivity contribution in [2.24, 2.45) is 0 Å². The predicted octanol–water partition coefficient (Wildman–Crippen LogP) is 0.740. The molecule has 1 unspecified atom stereocenters. The molecule has 1 saturated heterocycles. The molecule has 1 aliphatic heterocycles. The molecule has 0 aromatic carbocycles. The number of hydrogen-bond donors (Lipinski definition) is 0. The second-order valence-electron chi connectivity index (χ2n) is 4.78. The van der Waals surface area contributed by atoms with Crippen molar-refractivity contribution in [1.82, 2.24) is 0 Å². The first-order valence-corrected chi connectivity index (χ1v) is 6.70. The number of rotatable bonds is 8. The van der Waals surface area contributed by atoms with E-state index < -0.39 is 6.00 Å². The second-order valence-corrected chi connectivity index (χ2v) is 4.78. The van der Waals surface area contributed by atoms with Crippen molar-refractivity contribution < 1.29 is 23.7 Å². The van der Waals surface area contributed by atoms with E-state index >= 15 is 0 Å². The summed E-state index contributed by atoms with van der Waals surface area (Å²) >= 11 is 0. The molecule has 0 spiro atoms. The first-order valence-electron chi connectivity index (χ1n) is 6.70. The Morgan fingerprint density at radius 3 is 2.37 bits per heavy atom. The predicted molar refractivity (Wildman–Crippen MR) is 72.5 cm³/mol. The average Bonchev–Trinajstić information content (AvgIpc) is 2.67. The van der Waals surface area contributed by atoms with Gasteiger partial charge in [0, 0.05) is 27.3 Å². The summed E-state index contributed by atoms with van der Waals surface area (Å²) in [7, 11) is 10.9. The molecule has 0 aromatic heterocycles. The summed E-state index contributed by atoms with van der Waals surface area (Å²) in [5, 5.41) is 0. The van der Waals surface area contributed by atoms with E-state index in [-0.39, 0.29) is 30.5 Å². The van der Waals surface area contributed by atoms with E-state index in [1.54, 1.807) is 21.3 Å². The van der Waals surface area contributed by atoms with Crippen LogP contribution in [-0.2, 0) is 23.7 Å². The van der Waals surface area contributed by atoms with Crippen LogP contribution in [0.15, 0.2) is 0 Å². The Balaban J connectivity index is 2.64. The SMILES string of the molecule is [B][C@@H]1O[C@H](COC)C(OC)[C@@H]1O[C@@H](C)[C@H](CC)OC. The molecule has 0 bridgehead atoms. The molecular formula is C13H25BO5. The monoisotopic (exact) mass is 272 g/mol. The third-order valence-corrected chi connectivity index (χ3v) is 3.55. The molecule has 0 amide bonds. The number of ether oxygens (including phenoxy) is 5. The Kier molecular flexibility index (Phi) is 7.32. The summed E-state index contributed by atoms with van der Waals surface area (Å²) in [6.45, 7) is 4.46. The fourth-order valence-electron chi connectivity index (χ4n) is 2.52. The van der Waals surface area contributed by atoms with Gasteiger partial charge in [0.2, 0.25) is 0 Å². The quantitative estimate of drug-likeness (QED) is 0.610. The molecule has 0 aromatic rings. The van der Waals surface area contributed by atoms with Crippen molar-refractivity contribution in [3.05, 3.63) is 0 Å². The van der Waals surface area contributed by atoms with Crippen LogP contribution >= 0.6 is 0 Å². The lowest BCUT2D eigenvalue weighted by atomic mass is 9.92. The summed E-state index contributed by atoms with van der Waals surface area (Å²) in [6, 6.07) is -0.512. The maximum Gasteiger partial charge on any atom is 0.113 e. The first-order chi connectivity index (χ1) is 9.08. The van der Waals surface area contributed by atoms with E-state index in [9.17, 15) is 0 Å². The minimum atomic E-state index is -0.512. The van der Waals surface area contributed by atoms with Gasteiger partial charge in [-0.15, -0.1) is 0 Å². The van der Waals surface area contributed by atoms with Crippen LogP contribution < -0.4 is 0 Å². The highest BCUT2D eigenvalue weighted by atomic mass is 16.6. The van der Waals surface area contributed by atoms with Crippen LogP contribution in [0.2, 0.25) is 0 Å². The van der Waals surface area contributed by atoms with Gasteiger partial charge in [0.1, 0.15) is 26.2 Å². The van der Waals surface area contributed by atoms with Gasteiger partial charge in [-0.25, -0.2) is 0 Å². The van der Waals surface area contributed by atoms with Crippen LogP contribution in [0.1, 0.15) is 20.3 Å². The molecule has 0 aliphatic carbocycles. The van der Waals surface area contributed by atoms with Crippen LogP contribution in [-0.4, -0.2) is 72.3 Å². The van der Waals surface area contributed by atoms with Crippen molar-refractivity contribution >= 4 is 7.85 Å². The standard InChI is InChI=1S/C13H25BO5/c1-6-9(16-4)8(2)18-12-11(17-5)10(7-15-3)19-13(12)14/h8-13H,6-7H2,1-5H3/t8-,9-,10+,11?,12-,13+/m0/s1. The van der Waals surface area contributed by atoms with Crippen molar-refractivity contribution in [2.45, 2.75) is 56.8 Å². The zero-order valence-electron chi connectivity index (χ0n) is 12.5. The van der Waals surface area contributed by atoms with E-state index in [0.717, 1.165) is 6.42 Å².